The number of ether oxygens (including phenoxy) is 3. The molecular formula is C24H30N4O4. The first-order chi connectivity index (χ1) is 15.7. The molecule has 1 amide bonds. The zero-order valence-corrected chi connectivity index (χ0v) is 18.3. The Bertz CT molecular complexity index is 949. The summed E-state index contributed by atoms with van der Waals surface area (Å²) in [5.41, 5.74) is 1.68. The maximum atomic E-state index is 12.7. The lowest BCUT2D eigenvalue weighted by Gasteiger charge is -2.24. The van der Waals surface area contributed by atoms with Crippen LogP contribution < -0.4 is 15.4 Å². The van der Waals surface area contributed by atoms with Crippen LogP contribution in [0.3, 0.4) is 0 Å². The average molecular weight is 439 g/mol. The smallest absolute Gasteiger partial charge is 0.223 e. The standard InChI is InChI=1S/C24H30N4O4/c1-30-20-10-6-5-9-16(20)17-11-12-25-24(27-17)28-19-14-32-21-18(13-31-22(19)21)26-23(29)15-7-3-2-4-8-15/h5-6,9-12,15,18-19,21-22H,2-4,7-8,13-14H2,1H3,(H,26,29)(H,25,27,28)/t18-,19+,21-,22+/m0/s1. The van der Waals surface area contributed by atoms with E-state index in [1.54, 1.807) is 13.3 Å². The van der Waals surface area contributed by atoms with E-state index in [0.29, 0.717) is 19.2 Å². The second-order valence-electron chi connectivity index (χ2n) is 8.76. The summed E-state index contributed by atoms with van der Waals surface area (Å²) in [6, 6.07) is 9.44. The van der Waals surface area contributed by atoms with Crippen LogP contribution in [0.15, 0.2) is 36.5 Å². The normalized spacial score (nSPS) is 27.7. The van der Waals surface area contributed by atoms with Crippen LogP contribution in [0.1, 0.15) is 32.1 Å². The highest BCUT2D eigenvalue weighted by Gasteiger charge is 2.48. The molecule has 1 aliphatic carbocycles. The highest BCUT2D eigenvalue weighted by molar-refractivity contribution is 5.79. The Morgan fingerprint density at radius 3 is 2.59 bits per heavy atom. The zero-order valence-electron chi connectivity index (χ0n) is 18.3. The van der Waals surface area contributed by atoms with Crippen molar-refractivity contribution in [3.05, 3.63) is 36.5 Å². The van der Waals surface area contributed by atoms with Crippen molar-refractivity contribution in [1.82, 2.24) is 15.3 Å². The van der Waals surface area contributed by atoms with E-state index in [1.165, 1.54) is 6.42 Å². The molecule has 0 bridgehead atoms. The van der Waals surface area contributed by atoms with Gasteiger partial charge < -0.3 is 24.8 Å². The molecule has 3 heterocycles. The Hall–Kier alpha value is -2.71. The zero-order chi connectivity index (χ0) is 21.9. The topological polar surface area (TPSA) is 94.6 Å². The van der Waals surface area contributed by atoms with Gasteiger partial charge in [-0.15, -0.1) is 0 Å². The van der Waals surface area contributed by atoms with Gasteiger partial charge in [0.25, 0.3) is 0 Å². The SMILES string of the molecule is COc1ccccc1-c1ccnc(N[C@@H]2CO[C@@H]3[C@@H]2OC[C@@H]3NC(=O)C2CCCCC2)n1. The van der Waals surface area contributed by atoms with Crippen molar-refractivity contribution in [3.8, 4) is 17.0 Å². The van der Waals surface area contributed by atoms with Crippen LogP contribution in [-0.4, -0.2) is 60.5 Å². The molecule has 2 N–H and O–H groups in total. The fraction of sp³-hybridized carbons (Fsp3) is 0.542. The van der Waals surface area contributed by atoms with E-state index in [-0.39, 0.29) is 36.1 Å². The van der Waals surface area contributed by atoms with Crippen molar-refractivity contribution in [1.29, 1.82) is 0 Å². The third-order valence-electron chi connectivity index (χ3n) is 6.71. The summed E-state index contributed by atoms with van der Waals surface area (Å²) in [7, 11) is 1.65. The minimum atomic E-state index is -0.155. The van der Waals surface area contributed by atoms with Crippen LogP contribution in [-0.2, 0) is 14.3 Å². The molecule has 8 nitrogen and oxygen atoms in total. The van der Waals surface area contributed by atoms with E-state index in [0.717, 1.165) is 42.7 Å². The third kappa shape index (κ3) is 4.29. The van der Waals surface area contributed by atoms with Crippen molar-refractivity contribution in [2.75, 3.05) is 25.6 Å². The quantitative estimate of drug-likeness (QED) is 0.716. The molecule has 2 aliphatic heterocycles. The number of carbonyl (C=O) groups excluding carboxylic acids is 1. The maximum Gasteiger partial charge on any atom is 0.223 e. The lowest BCUT2D eigenvalue weighted by atomic mass is 9.88. The van der Waals surface area contributed by atoms with E-state index in [9.17, 15) is 4.79 Å². The first kappa shape index (κ1) is 21.2. The summed E-state index contributed by atoms with van der Waals surface area (Å²) in [6.45, 7) is 0.946. The van der Waals surface area contributed by atoms with Gasteiger partial charge in [-0.3, -0.25) is 4.79 Å². The number of anilines is 1. The van der Waals surface area contributed by atoms with E-state index in [2.05, 4.69) is 20.6 Å². The number of carbonyl (C=O) groups is 1. The number of aromatic nitrogens is 2. The molecule has 2 saturated heterocycles. The van der Waals surface area contributed by atoms with Crippen molar-refractivity contribution in [2.24, 2.45) is 5.92 Å². The molecule has 170 valence electrons. The van der Waals surface area contributed by atoms with Crippen molar-refractivity contribution in [2.45, 2.75) is 56.4 Å². The Kier molecular flexibility index (Phi) is 6.23. The van der Waals surface area contributed by atoms with Gasteiger partial charge in [-0.1, -0.05) is 31.4 Å². The van der Waals surface area contributed by atoms with Crippen LogP contribution >= 0.6 is 0 Å². The highest BCUT2D eigenvalue weighted by Crippen LogP contribution is 2.31. The predicted molar refractivity (Wildman–Crippen MR) is 119 cm³/mol. The third-order valence-corrected chi connectivity index (χ3v) is 6.71. The van der Waals surface area contributed by atoms with Gasteiger partial charge in [-0.25, -0.2) is 9.97 Å². The monoisotopic (exact) mass is 438 g/mol. The van der Waals surface area contributed by atoms with Gasteiger partial charge in [0.2, 0.25) is 11.9 Å². The molecule has 1 aromatic heterocycles. The summed E-state index contributed by atoms with van der Waals surface area (Å²) < 4.78 is 17.5. The lowest BCUT2D eigenvalue weighted by Crippen LogP contribution is -2.47. The molecule has 0 spiro atoms. The number of para-hydroxylation sites is 1. The van der Waals surface area contributed by atoms with E-state index in [1.807, 2.05) is 30.3 Å². The lowest BCUT2D eigenvalue weighted by molar-refractivity contribution is -0.127. The van der Waals surface area contributed by atoms with Crippen molar-refractivity contribution < 1.29 is 19.0 Å². The van der Waals surface area contributed by atoms with Crippen LogP contribution in [0.2, 0.25) is 0 Å². The van der Waals surface area contributed by atoms with E-state index < -0.39 is 0 Å². The molecule has 8 heteroatoms. The molecule has 32 heavy (non-hydrogen) atoms. The van der Waals surface area contributed by atoms with Gasteiger partial charge in [-0.2, -0.15) is 0 Å². The van der Waals surface area contributed by atoms with Gasteiger partial charge >= 0.3 is 0 Å². The predicted octanol–water partition coefficient (Wildman–Crippen LogP) is 2.80. The number of nitrogens with one attached hydrogen (secondary N) is 2. The number of hydrogen-bond donors (Lipinski definition) is 2. The Balaban J connectivity index is 1.23. The molecule has 5 rings (SSSR count). The molecule has 0 unspecified atom stereocenters. The maximum absolute atomic E-state index is 12.7. The Labute approximate surface area is 188 Å². The summed E-state index contributed by atoms with van der Waals surface area (Å²) >= 11 is 0. The molecule has 3 aliphatic rings. The van der Waals surface area contributed by atoms with Gasteiger partial charge in [0.15, 0.2) is 0 Å². The Morgan fingerprint density at radius 1 is 1.03 bits per heavy atom. The number of methoxy groups -OCH3 is 1. The van der Waals surface area contributed by atoms with Crippen LogP contribution in [0.5, 0.6) is 5.75 Å². The number of amides is 1. The number of benzene rings is 1. The average Bonchev–Trinajstić information content (AvgIpc) is 3.43. The molecule has 3 fully saturated rings. The minimum absolute atomic E-state index is 0.0792. The fourth-order valence-corrected chi connectivity index (χ4v) is 5.01. The molecule has 1 saturated carbocycles. The number of fused-ring (bicyclic) bond motifs is 1. The number of hydrogen-bond acceptors (Lipinski definition) is 7. The summed E-state index contributed by atoms with van der Waals surface area (Å²) in [5, 5.41) is 6.56. The fourth-order valence-electron chi connectivity index (χ4n) is 5.01. The largest absolute Gasteiger partial charge is 0.496 e. The summed E-state index contributed by atoms with van der Waals surface area (Å²) in [6.07, 6.45) is 6.91. The number of rotatable bonds is 6. The van der Waals surface area contributed by atoms with E-state index >= 15 is 0 Å². The molecular weight excluding hydrogens is 408 g/mol. The minimum Gasteiger partial charge on any atom is -0.496 e. The van der Waals surface area contributed by atoms with Gasteiger partial charge in [0.1, 0.15) is 18.0 Å². The van der Waals surface area contributed by atoms with Crippen LogP contribution in [0, 0.1) is 5.92 Å². The van der Waals surface area contributed by atoms with Crippen LogP contribution in [0.4, 0.5) is 5.95 Å². The van der Waals surface area contributed by atoms with E-state index in [4.69, 9.17) is 14.2 Å². The molecule has 0 radical (unpaired) electrons. The van der Waals surface area contributed by atoms with Gasteiger partial charge in [0, 0.05) is 17.7 Å². The second kappa shape index (κ2) is 9.42. The second-order valence-corrected chi connectivity index (χ2v) is 8.76. The van der Waals surface area contributed by atoms with Gasteiger partial charge in [0.05, 0.1) is 38.1 Å². The number of nitrogens with zero attached hydrogens (tertiary/aromatic N) is 2. The first-order valence-corrected chi connectivity index (χ1v) is 11.5. The summed E-state index contributed by atoms with van der Waals surface area (Å²) in [5.74, 6) is 1.55. The molecule has 2 aromatic rings. The molecule has 1 aromatic carbocycles. The Morgan fingerprint density at radius 2 is 1.78 bits per heavy atom. The summed E-state index contributed by atoms with van der Waals surface area (Å²) in [4.78, 5) is 21.7. The van der Waals surface area contributed by atoms with Gasteiger partial charge in [-0.05, 0) is 31.0 Å². The first-order valence-electron chi connectivity index (χ1n) is 11.5. The van der Waals surface area contributed by atoms with Crippen molar-refractivity contribution in [3.63, 3.8) is 0 Å². The van der Waals surface area contributed by atoms with Crippen molar-refractivity contribution >= 4 is 11.9 Å². The highest BCUT2D eigenvalue weighted by atomic mass is 16.6. The molecule has 4 atom stereocenters. The van der Waals surface area contributed by atoms with Crippen LogP contribution in [0.25, 0.3) is 11.3 Å².